The maximum absolute atomic E-state index is 11.6. The fraction of sp³-hybridized carbons (Fsp3) is 0.462. The Hall–Kier alpha value is -2.71. The molecule has 0 radical (unpaired) electrons. The van der Waals surface area contributed by atoms with Crippen molar-refractivity contribution in [2.24, 2.45) is 11.8 Å². The highest BCUT2D eigenvalue weighted by Gasteiger charge is 2.30. The minimum Gasteiger partial charge on any atom is -0.497 e. The molecule has 1 aliphatic heterocycles. The van der Waals surface area contributed by atoms with Crippen LogP contribution in [-0.2, 0) is 11.2 Å². The summed E-state index contributed by atoms with van der Waals surface area (Å²) in [5.74, 6) is 1.75. The van der Waals surface area contributed by atoms with E-state index < -0.39 is 5.97 Å². The summed E-state index contributed by atoms with van der Waals surface area (Å²) in [5, 5.41) is 10.6. The lowest BCUT2D eigenvalue weighted by Gasteiger charge is -2.38. The third-order valence-electron chi connectivity index (χ3n) is 6.69. The van der Waals surface area contributed by atoms with Gasteiger partial charge in [-0.25, -0.2) is 9.97 Å². The summed E-state index contributed by atoms with van der Waals surface area (Å²) in [6, 6.07) is 8.09. The molecule has 1 saturated heterocycles. The average Bonchev–Trinajstić information content (AvgIpc) is 2.85. The number of carbonyl (C=O) groups is 1. The largest absolute Gasteiger partial charge is 0.497 e. The second kappa shape index (κ2) is 12.1. The van der Waals surface area contributed by atoms with Gasteiger partial charge >= 0.3 is 5.97 Å². The zero-order valence-corrected chi connectivity index (χ0v) is 20.4. The van der Waals surface area contributed by atoms with Crippen LogP contribution in [0.1, 0.15) is 31.2 Å². The highest BCUT2D eigenvalue weighted by Crippen LogP contribution is 2.32. The van der Waals surface area contributed by atoms with Crippen LogP contribution in [0.15, 0.2) is 54.1 Å². The van der Waals surface area contributed by atoms with Crippen LogP contribution >= 0.6 is 11.8 Å². The zero-order valence-electron chi connectivity index (χ0n) is 19.6. The van der Waals surface area contributed by atoms with Crippen LogP contribution < -0.4 is 4.74 Å². The van der Waals surface area contributed by atoms with Crippen molar-refractivity contribution < 1.29 is 14.6 Å². The van der Waals surface area contributed by atoms with Crippen molar-refractivity contribution in [3.8, 4) is 5.75 Å². The standard InChI is InChI=1S/C26H32N4O3S/c1-33-22-5-6-25-24(14-22)20(7-9-29-25)4-2-3-19-8-10-30(17-21(19)13-26(31)32)11-12-34-23-15-27-18-28-16-23/h5-7,9,14-16,18-19,21H,2-4,8,10-13,17H2,1H3,(H,31,32)/t19-,21+/m1/s1. The SMILES string of the molecule is COc1ccc2nccc(CCC[C@@H]3CCN(CCSc4cncnc4)C[C@@H]3CC(=O)O)c2c1. The van der Waals surface area contributed by atoms with Gasteiger partial charge in [0.05, 0.1) is 12.6 Å². The highest BCUT2D eigenvalue weighted by atomic mass is 32.2. The smallest absolute Gasteiger partial charge is 0.303 e. The summed E-state index contributed by atoms with van der Waals surface area (Å²) in [7, 11) is 1.68. The number of carboxylic acid groups (broad SMARTS) is 1. The van der Waals surface area contributed by atoms with Crippen molar-refractivity contribution in [1.82, 2.24) is 19.9 Å². The number of piperidine rings is 1. The number of aromatic nitrogens is 3. The number of methoxy groups -OCH3 is 1. The van der Waals surface area contributed by atoms with Gasteiger partial charge in [-0.05, 0) is 73.9 Å². The van der Waals surface area contributed by atoms with Gasteiger partial charge in [0, 0.05) is 54.1 Å². The van der Waals surface area contributed by atoms with Gasteiger partial charge in [-0.1, -0.05) is 0 Å². The van der Waals surface area contributed by atoms with Gasteiger partial charge in [0.1, 0.15) is 12.1 Å². The zero-order chi connectivity index (χ0) is 23.8. The van der Waals surface area contributed by atoms with E-state index >= 15 is 0 Å². The lowest BCUT2D eigenvalue weighted by atomic mass is 9.80. The van der Waals surface area contributed by atoms with Gasteiger partial charge in [-0.3, -0.25) is 9.78 Å². The molecule has 0 amide bonds. The molecule has 34 heavy (non-hydrogen) atoms. The summed E-state index contributed by atoms with van der Waals surface area (Å²) in [5.41, 5.74) is 2.26. The van der Waals surface area contributed by atoms with Crippen LogP contribution in [0.2, 0.25) is 0 Å². The molecule has 0 unspecified atom stereocenters. The number of thioether (sulfide) groups is 1. The number of fused-ring (bicyclic) bond motifs is 1. The normalized spacial score (nSPS) is 18.7. The number of ether oxygens (including phenoxy) is 1. The summed E-state index contributed by atoms with van der Waals surface area (Å²) in [6.45, 7) is 2.84. The first-order valence-electron chi connectivity index (χ1n) is 11.9. The summed E-state index contributed by atoms with van der Waals surface area (Å²) in [6.07, 6.45) is 11.4. The molecule has 2 atom stereocenters. The third kappa shape index (κ3) is 6.67. The topological polar surface area (TPSA) is 88.4 Å². The Morgan fingerprint density at radius 3 is 2.88 bits per heavy atom. The molecule has 8 heteroatoms. The number of nitrogens with zero attached hydrogens (tertiary/aromatic N) is 4. The summed E-state index contributed by atoms with van der Waals surface area (Å²) in [4.78, 5) is 27.7. The Balaban J connectivity index is 1.31. The Morgan fingerprint density at radius 1 is 1.24 bits per heavy atom. The number of hydrogen-bond acceptors (Lipinski definition) is 7. The van der Waals surface area contributed by atoms with Gasteiger partial charge in [0.15, 0.2) is 0 Å². The first kappa shape index (κ1) is 24.4. The second-order valence-electron chi connectivity index (χ2n) is 8.88. The number of aliphatic carboxylic acids is 1. The van der Waals surface area contributed by atoms with E-state index in [9.17, 15) is 9.90 Å². The van der Waals surface area contributed by atoms with Gasteiger partial charge < -0.3 is 14.7 Å². The Labute approximate surface area is 205 Å². The summed E-state index contributed by atoms with van der Waals surface area (Å²) >= 11 is 1.75. The lowest BCUT2D eigenvalue weighted by molar-refractivity contribution is -0.139. The number of likely N-dealkylation sites (tertiary alicyclic amines) is 1. The van der Waals surface area contributed by atoms with Crippen LogP contribution in [0.3, 0.4) is 0 Å². The van der Waals surface area contributed by atoms with Gasteiger partial charge in [-0.15, -0.1) is 11.8 Å². The van der Waals surface area contributed by atoms with Gasteiger partial charge in [0.25, 0.3) is 0 Å². The van der Waals surface area contributed by atoms with Gasteiger partial charge in [-0.2, -0.15) is 0 Å². The minimum absolute atomic E-state index is 0.200. The van der Waals surface area contributed by atoms with E-state index in [1.807, 2.05) is 30.7 Å². The number of hydrogen-bond donors (Lipinski definition) is 1. The predicted molar refractivity (Wildman–Crippen MR) is 134 cm³/mol. The Morgan fingerprint density at radius 2 is 2.09 bits per heavy atom. The Kier molecular flexibility index (Phi) is 8.71. The second-order valence-corrected chi connectivity index (χ2v) is 10.0. The van der Waals surface area contributed by atoms with Crippen molar-refractivity contribution in [3.63, 3.8) is 0 Å². The molecular formula is C26H32N4O3S. The third-order valence-corrected chi connectivity index (χ3v) is 7.62. The molecule has 4 rings (SSSR count). The van der Waals surface area contributed by atoms with Crippen molar-refractivity contribution in [1.29, 1.82) is 0 Å². The quantitative estimate of drug-likeness (QED) is 0.400. The lowest BCUT2D eigenvalue weighted by Crippen LogP contribution is -2.42. The number of benzene rings is 1. The first-order chi connectivity index (χ1) is 16.6. The van der Waals surface area contributed by atoms with Crippen LogP contribution in [0.5, 0.6) is 5.75 Å². The van der Waals surface area contributed by atoms with Crippen LogP contribution in [-0.4, -0.2) is 63.4 Å². The molecule has 1 N–H and O–H groups in total. The van der Waals surface area contributed by atoms with E-state index in [1.54, 1.807) is 25.2 Å². The van der Waals surface area contributed by atoms with E-state index in [4.69, 9.17) is 4.74 Å². The molecule has 1 aromatic carbocycles. The first-order valence-corrected chi connectivity index (χ1v) is 12.8. The molecule has 3 heterocycles. The molecule has 0 aliphatic carbocycles. The van der Waals surface area contributed by atoms with Crippen LogP contribution in [0.25, 0.3) is 10.9 Å². The average molecular weight is 481 g/mol. The number of rotatable bonds is 11. The van der Waals surface area contributed by atoms with Crippen molar-refractivity contribution >= 4 is 28.6 Å². The number of aryl methyl sites for hydroxylation is 1. The minimum atomic E-state index is -0.695. The van der Waals surface area contributed by atoms with E-state index in [0.717, 1.165) is 72.6 Å². The summed E-state index contributed by atoms with van der Waals surface area (Å²) < 4.78 is 5.40. The highest BCUT2D eigenvalue weighted by molar-refractivity contribution is 7.99. The van der Waals surface area contributed by atoms with Crippen LogP contribution in [0.4, 0.5) is 0 Å². The molecule has 0 spiro atoms. The molecule has 7 nitrogen and oxygen atoms in total. The molecule has 1 aliphatic rings. The maximum atomic E-state index is 11.6. The fourth-order valence-electron chi connectivity index (χ4n) is 4.93. The predicted octanol–water partition coefficient (Wildman–Crippen LogP) is 4.56. The van der Waals surface area contributed by atoms with Gasteiger partial charge in [0.2, 0.25) is 0 Å². The number of carboxylic acids is 1. The fourth-order valence-corrected chi connectivity index (χ4v) is 5.79. The molecule has 2 aromatic heterocycles. The molecular weight excluding hydrogens is 448 g/mol. The Bertz CT molecular complexity index is 1080. The molecule has 180 valence electrons. The van der Waals surface area contributed by atoms with E-state index in [-0.39, 0.29) is 12.3 Å². The van der Waals surface area contributed by atoms with E-state index in [2.05, 4.69) is 32.0 Å². The molecule has 3 aromatic rings. The molecule has 0 saturated carbocycles. The van der Waals surface area contributed by atoms with E-state index in [1.165, 1.54) is 5.56 Å². The maximum Gasteiger partial charge on any atom is 0.303 e. The van der Waals surface area contributed by atoms with Crippen LogP contribution in [0, 0.1) is 11.8 Å². The van der Waals surface area contributed by atoms with Crippen molar-refractivity contribution in [3.05, 3.63) is 54.7 Å². The van der Waals surface area contributed by atoms with Crippen molar-refractivity contribution in [2.45, 2.75) is 37.0 Å². The molecule has 1 fully saturated rings. The van der Waals surface area contributed by atoms with E-state index in [0.29, 0.717) is 5.92 Å². The molecule has 0 bridgehead atoms. The number of pyridine rings is 1. The monoisotopic (exact) mass is 480 g/mol. The van der Waals surface area contributed by atoms with Crippen molar-refractivity contribution in [2.75, 3.05) is 32.5 Å².